The second-order valence-electron chi connectivity index (χ2n) is 8.84. The normalized spacial score (nSPS) is 14.3. The molecule has 0 radical (unpaired) electrons. The first-order valence-electron chi connectivity index (χ1n) is 12.1. The summed E-state index contributed by atoms with van der Waals surface area (Å²) < 4.78 is 7.44. The van der Waals surface area contributed by atoms with Gasteiger partial charge in [-0.3, -0.25) is 4.90 Å². The minimum atomic E-state index is 0.476. The van der Waals surface area contributed by atoms with E-state index in [4.69, 9.17) is 16.3 Å². The van der Waals surface area contributed by atoms with Crippen molar-refractivity contribution < 1.29 is 4.74 Å². The van der Waals surface area contributed by atoms with Gasteiger partial charge in [0.05, 0.1) is 24.0 Å². The number of fused-ring (bicyclic) bond motifs is 6. The minimum absolute atomic E-state index is 0.476. The minimum Gasteiger partial charge on any atom is -0.379 e. The summed E-state index contributed by atoms with van der Waals surface area (Å²) in [5.74, 6) is 0.882. The van der Waals surface area contributed by atoms with Crippen LogP contribution in [0.4, 0.5) is 5.82 Å². The van der Waals surface area contributed by atoms with Crippen molar-refractivity contribution in [2.75, 3.05) is 44.7 Å². The fourth-order valence-corrected chi connectivity index (χ4v) is 5.60. The molecule has 0 spiro atoms. The van der Waals surface area contributed by atoms with Crippen molar-refractivity contribution in [3.8, 4) is 0 Å². The fourth-order valence-electron chi connectivity index (χ4n) is 4.64. The molecule has 1 aliphatic heterocycles. The molecule has 0 atom stereocenters. The Balaban J connectivity index is 0.000000152. The Labute approximate surface area is 239 Å². The van der Waals surface area contributed by atoms with Crippen LogP contribution in [-0.2, 0) is 4.74 Å². The highest BCUT2D eigenvalue weighted by Gasteiger charge is 2.13. The Morgan fingerprint density at radius 1 is 0.842 bits per heavy atom. The molecule has 0 saturated carbocycles. The molecular weight excluding hydrogens is 636 g/mol. The van der Waals surface area contributed by atoms with Crippen molar-refractivity contribution in [3.05, 3.63) is 63.2 Å². The molecule has 0 amide bonds. The highest BCUT2D eigenvalue weighted by Crippen LogP contribution is 2.31. The molecule has 38 heavy (non-hydrogen) atoms. The van der Waals surface area contributed by atoms with Crippen LogP contribution in [0.15, 0.2) is 58.0 Å². The lowest BCUT2D eigenvalue weighted by Crippen LogP contribution is -2.39. The van der Waals surface area contributed by atoms with Gasteiger partial charge in [-0.25, -0.2) is 19.9 Å². The van der Waals surface area contributed by atoms with E-state index in [1.165, 1.54) is 6.33 Å². The van der Waals surface area contributed by atoms with E-state index in [2.05, 4.69) is 84.1 Å². The smallest absolute Gasteiger partial charge is 0.143 e. The number of aromatic nitrogens is 6. The number of nitrogens with one attached hydrogen (secondary N) is 3. The van der Waals surface area contributed by atoms with E-state index in [1.54, 1.807) is 6.33 Å². The molecule has 9 nitrogen and oxygen atoms in total. The Kier molecular flexibility index (Phi) is 7.44. The van der Waals surface area contributed by atoms with E-state index in [-0.39, 0.29) is 0 Å². The van der Waals surface area contributed by atoms with E-state index in [1.807, 2.05) is 24.3 Å². The number of hydrogen-bond donors (Lipinski definition) is 3. The largest absolute Gasteiger partial charge is 0.379 e. The second kappa shape index (κ2) is 11.1. The monoisotopic (exact) mass is 656 g/mol. The van der Waals surface area contributed by atoms with E-state index in [0.717, 1.165) is 98.0 Å². The number of morpholine rings is 1. The first kappa shape index (κ1) is 25.4. The van der Waals surface area contributed by atoms with Crippen LogP contribution in [0.1, 0.15) is 0 Å². The SMILES string of the molecule is Brc1ccc2[nH]c3ncnc(NCCN4CCOCC4)c3c2c1.Clc1ncnc2[nH]c3ccc(Br)cc3c12. The maximum atomic E-state index is 6.04. The van der Waals surface area contributed by atoms with Crippen LogP contribution in [0.2, 0.25) is 5.15 Å². The van der Waals surface area contributed by atoms with Gasteiger partial charge in [-0.2, -0.15) is 0 Å². The third kappa shape index (κ3) is 5.21. The number of anilines is 1. The molecule has 6 aromatic rings. The van der Waals surface area contributed by atoms with Gasteiger partial charge in [-0.15, -0.1) is 0 Å². The van der Waals surface area contributed by atoms with Gasteiger partial charge in [0.2, 0.25) is 0 Å². The summed E-state index contributed by atoms with van der Waals surface area (Å²) in [6.45, 7) is 5.50. The van der Waals surface area contributed by atoms with Gasteiger partial charge in [0.25, 0.3) is 0 Å². The maximum Gasteiger partial charge on any atom is 0.143 e. The van der Waals surface area contributed by atoms with Crippen molar-refractivity contribution in [3.63, 3.8) is 0 Å². The summed E-state index contributed by atoms with van der Waals surface area (Å²) >= 11 is 13.0. The van der Waals surface area contributed by atoms with E-state index in [9.17, 15) is 0 Å². The van der Waals surface area contributed by atoms with Crippen LogP contribution in [0.5, 0.6) is 0 Å². The molecule has 2 aromatic carbocycles. The Hall–Kier alpha value is -2.83. The number of hydrogen-bond acceptors (Lipinski definition) is 7. The lowest BCUT2D eigenvalue weighted by atomic mass is 10.2. The zero-order valence-corrected chi connectivity index (χ0v) is 24.1. The van der Waals surface area contributed by atoms with Gasteiger partial charge in [0.15, 0.2) is 0 Å². The summed E-state index contributed by atoms with van der Waals surface area (Å²) in [6, 6.07) is 12.1. The summed E-state index contributed by atoms with van der Waals surface area (Å²) in [6.07, 6.45) is 3.05. The molecule has 5 heterocycles. The standard InChI is InChI=1S/C16H18BrN5O.C10H5BrClN3/c17-11-1-2-13-12(9-11)14-15(19-10-20-16(14)21-13)18-3-4-22-5-7-23-8-6-22;11-5-1-2-7-6(3-5)8-9(12)13-4-14-10(8)15-7/h1-2,9-10H,3-8H2,(H2,18,19,20,21);1-4H,(H,13,14,15). The summed E-state index contributed by atoms with van der Waals surface area (Å²) in [5.41, 5.74) is 3.71. The summed E-state index contributed by atoms with van der Waals surface area (Å²) in [4.78, 5) is 25.9. The van der Waals surface area contributed by atoms with Crippen LogP contribution in [-0.4, -0.2) is 74.2 Å². The lowest BCUT2D eigenvalue weighted by Gasteiger charge is -2.26. The highest BCUT2D eigenvalue weighted by atomic mass is 79.9. The predicted octanol–water partition coefficient (Wildman–Crippen LogP) is 6.14. The molecule has 3 N–H and O–H groups in total. The van der Waals surface area contributed by atoms with Gasteiger partial charge >= 0.3 is 0 Å². The van der Waals surface area contributed by atoms with Crippen LogP contribution in [0, 0.1) is 0 Å². The molecule has 0 bridgehead atoms. The van der Waals surface area contributed by atoms with Crippen molar-refractivity contribution in [2.24, 2.45) is 0 Å². The maximum absolute atomic E-state index is 6.04. The third-order valence-corrected chi connectivity index (χ3v) is 7.75. The number of ether oxygens (including phenoxy) is 1. The second-order valence-corrected chi connectivity index (χ2v) is 11.0. The van der Waals surface area contributed by atoms with Gasteiger partial charge in [0.1, 0.15) is 34.9 Å². The Morgan fingerprint density at radius 3 is 2.13 bits per heavy atom. The molecule has 4 aromatic heterocycles. The molecule has 1 saturated heterocycles. The molecule has 1 aliphatic rings. The van der Waals surface area contributed by atoms with Crippen molar-refractivity contribution in [2.45, 2.75) is 0 Å². The molecule has 1 fully saturated rings. The quantitative estimate of drug-likeness (QED) is 0.195. The van der Waals surface area contributed by atoms with Crippen molar-refractivity contribution >= 4 is 93.2 Å². The predicted molar refractivity (Wildman–Crippen MR) is 159 cm³/mol. The van der Waals surface area contributed by atoms with E-state index < -0.39 is 0 Å². The molecule has 7 rings (SSSR count). The average Bonchev–Trinajstić information content (AvgIpc) is 3.48. The molecule has 194 valence electrons. The highest BCUT2D eigenvalue weighted by molar-refractivity contribution is 9.10. The average molecular weight is 659 g/mol. The molecule has 0 aliphatic carbocycles. The van der Waals surface area contributed by atoms with Crippen LogP contribution < -0.4 is 5.32 Å². The number of nitrogens with zero attached hydrogens (tertiary/aromatic N) is 5. The first-order valence-corrected chi connectivity index (χ1v) is 14.1. The van der Waals surface area contributed by atoms with Gasteiger partial charge in [0, 0.05) is 56.9 Å². The van der Waals surface area contributed by atoms with E-state index >= 15 is 0 Å². The van der Waals surface area contributed by atoms with Gasteiger partial charge in [-0.05, 0) is 36.4 Å². The number of rotatable bonds is 4. The molecule has 0 unspecified atom stereocenters. The van der Waals surface area contributed by atoms with Gasteiger partial charge in [-0.1, -0.05) is 43.5 Å². The fraction of sp³-hybridized carbons (Fsp3) is 0.231. The van der Waals surface area contributed by atoms with Crippen LogP contribution in [0.3, 0.4) is 0 Å². The number of benzene rings is 2. The number of aromatic amines is 2. The van der Waals surface area contributed by atoms with E-state index in [0.29, 0.717) is 5.15 Å². The van der Waals surface area contributed by atoms with Crippen molar-refractivity contribution in [1.82, 2.24) is 34.8 Å². The zero-order chi connectivity index (χ0) is 26.1. The molecular formula is C26H23Br2ClN8O. The number of halogens is 3. The van der Waals surface area contributed by atoms with Gasteiger partial charge < -0.3 is 20.0 Å². The topological polar surface area (TPSA) is 108 Å². The molecule has 12 heteroatoms. The lowest BCUT2D eigenvalue weighted by molar-refractivity contribution is 0.0398. The summed E-state index contributed by atoms with van der Waals surface area (Å²) in [5, 5.41) is 8.02. The van der Waals surface area contributed by atoms with Crippen molar-refractivity contribution in [1.29, 1.82) is 0 Å². The van der Waals surface area contributed by atoms with Crippen LogP contribution in [0.25, 0.3) is 43.9 Å². The first-order chi connectivity index (χ1) is 18.6. The number of H-pyrrole nitrogens is 2. The third-order valence-electron chi connectivity index (χ3n) is 6.48. The Morgan fingerprint density at radius 2 is 1.45 bits per heavy atom. The zero-order valence-electron chi connectivity index (χ0n) is 20.1. The summed E-state index contributed by atoms with van der Waals surface area (Å²) in [7, 11) is 0. The van der Waals surface area contributed by atoms with Crippen LogP contribution >= 0.6 is 43.5 Å². The Bertz CT molecular complexity index is 1750.